The Hall–Kier alpha value is -2.13. The fourth-order valence-electron chi connectivity index (χ4n) is 2.88. The molecule has 1 atom stereocenters. The molecule has 108 valence electrons. The first kappa shape index (κ1) is 13.8. The van der Waals surface area contributed by atoms with Crippen LogP contribution < -0.4 is 10.6 Å². The minimum atomic E-state index is -0.204. The van der Waals surface area contributed by atoms with E-state index in [-0.39, 0.29) is 11.9 Å². The molecular weight excluding hydrogens is 260 g/mol. The number of rotatable bonds is 4. The zero-order valence-electron chi connectivity index (χ0n) is 12.2. The lowest BCUT2D eigenvalue weighted by Crippen LogP contribution is -2.44. The molecule has 0 aliphatic heterocycles. The topological polar surface area (TPSA) is 41.1 Å². The van der Waals surface area contributed by atoms with E-state index in [0.29, 0.717) is 6.04 Å². The van der Waals surface area contributed by atoms with Gasteiger partial charge in [0.15, 0.2) is 0 Å². The van der Waals surface area contributed by atoms with Gasteiger partial charge in [-0.05, 0) is 43.0 Å². The third-order valence-electron chi connectivity index (χ3n) is 3.97. The highest BCUT2D eigenvalue weighted by atomic mass is 16.2. The first-order chi connectivity index (χ1) is 10.2. The average molecular weight is 280 g/mol. The number of anilines is 1. The Morgan fingerprint density at radius 2 is 1.57 bits per heavy atom. The molecule has 1 unspecified atom stereocenters. The van der Waals surface area contributed by atoms with Crippen LogP contribution in [0.3, 0.4) is 0 Å². The van der Waals surface area contributed by atoms with Gasteiger partial charge >= 0.3 is 0 Å². The molecular formula is C18H20N2O. The van der Waals surface area contributed by atoms with Gasteiger partial charge in [-0.3, -0.25) is 4.79 Å². The van der Waals surface area contributed by atoms with Crippen LogP contribution in [0.15, 0.2) is 54.6 Å². The van der Waals surface area contributed by atoms with Crippen LogP contribution in [-0.4, -0.2) is 18.0 Å². The highest BCUT2D eigenvalue weighted by Gasteiger charge is 2.24. The second-order valence-corrected chi connectivity index (χ2v) is 5.62. The van der Waals surface area contributed by atoms with Gasteiger partial charge in [-0.25, -0.2) is 0 Å². The van der Waals surface area contributed by atoms with E-state index < -0.39 is 0 Å². The predicted octanol–water partition coefficient (Wildman–Crippen LogP) is 2.77. The zero-order chi connectivity index (χ0) is 14.7. The highest BCUT2D eigenvalue weighted by Crippen LogP contribution is 2.22. The normalized spacial score (nSPS) is 15.5. The van der Waals surface area contributed by atoms with Crippen LogP contribution in [0.5, 0.6) is 0 Å². The Morgan fingerprint density at radius 3 is 2.19 bits per heavy atom. The van der Waals surface area contributed by atoms with E-state index in [4.69, 9.17) is 0 Å². The summed E-state index contributed by atoms with van der Waals surface area (Å²) in [4.78, 5) is 12.2. The lowest BCUT2D eigenvalue weighted by Gasteiger charge is -2.18. The van der Waals surface area contributed by atoms with Crippen molar-refractivity contribution in [2.45, 2.75) is 31.8 Å². The number of benzene rings is 2. The van der Waals surface area contributed by atoms with Gasteiger partial charge in [0.05, 0.1) is 6.04 Å². The van der Waals surface area contributed by atoms with Gasteiger partial charge in [-0.1, -0.05) is 42.5 Å². The largest absolute Gasteiger partial charge is 0.325 e. The van der Waals surface area contributed by atoms with E-state index in [0.717, 1.165) is 18.5 Å². The lowest BCUT2D eigenvalue weighted by atomic mass is 10.1. The molecule has 3 heteroatoms. The van der Waals surface area contributed by atoms with Crippen LogP contribution in [0.25, 0.3) is 0 Å². The van der Waals surface area contributed by atoms with E-state index in [1.54, 1.807) is 0 Å². The van der Waals surface area contributed by atoms with Crippen molar-refractivity contribution in [2.75, 3.05) is 5.32 Å². The van der Waals surface area contributed by atoms with Crippen LogP contribution in [0.1, 0.15) is 18.1 Å². The Bertz CT molecular complexity index is 599. The summed E-state index contributed by atoms with van der Waals surface area (Å²) in [5.74, 6) is 0.0113. The Labute approximate surface area is 125 Å². The van der Waals surface area contributed by atoms with Crippen molar-refractivity contribution in [2.24, 2.45) is 0 Å². The van der Waals surface area contributed by atoms with Crippen LogP contribution in [0, 0.1) is 0 Å². The molecule has 3 rings (SSSR count). The molecule has 0 aromatic heterocycles. The Morgan fingerprint density at radius 1 is 1.00 bits per heavy atom. The maximum absolute atomic E-state index is 12.2. The van der Waals surface area contributed by atoms with Gasteiger partial charge in [0.2, 0.25) is 5.91 Å². The van der Waals surface area contributed by atoms with Gasteiger partial charge in [-0.2, -0.15) is 0 Å². The summed E-state index contributed by atoms with van der Waals surface area (Å²) in [5.41, 5.74) is 3.63. The number of carbonyl (C=O) groups excluding carboxylic acids is 1. The van der Waals surface area contributed by atoms with Gasteiger partial charge in [0.25, 0.3) is 0 Å². The van der Waals surface area contributed by atoms with E-state index in [1.165, 1.54) is 11.1 Å². The fourth-order valence-corrected chi connectivity index (χ4v) is 2.88. The molecule has 1 aliphatic carbocycles. The summed E-state index contributed by atoms with van der Waals surface area (Å²) >= 11 is 0. The molecule has 21 heavy (non-hydrogen) atoms. The summed E-state index contributed by atoms with van der Waals surface area (Å²) in [6, 6.07) is 18.2. The molecule has 0 radical (unpaired) electrons. The zero-order valence-corrected chi connectivity index (χ0v) is 12.2. The first-order valence-electron chi connectivity index (χ1n) is 7.41. The second-order valence-electron chi connectivity index (χ2n) is 5.62. The van der Waals surface area contributed by atoms with Crippen LogP contribution >= 0.6 is 0 Å². The van der Waals surface area contributed by atoms with E-state index in [9.17, 15) is 4.79 Å². The number of hydrogen-bond acceptors (Lipinski definition) is 2. The maximum atomic E-state index is 12.2. The molecule has 0 fully saturated rings. The van der Waals surface area contributed by atoms with Crippen molar-refractivity contribution in [1.82, 2.24) is 5.32 Å². The standard InChI is InChI=1S/C18H20N2O/c1-13(18(21)20-16-9-3-2-4-10-16)19-17-11-14-7-5-6-8-15(14)12-17/h2-10,13,17,19H,11-12H2,1H3,(H,20,21). The second kappa shape index (κ2) is 6.10. The summed E-state index contributed by atoms with van der Waals surface area (Å²) in [5, 5.41) is 6.37. The number of hydrogen-bond donors (Lipinski definition) is 2. The molecule has 0 saturated heterocycles. The number of para-hydroxylation sites is 1. The smallest absolute Gasteiger partial charge is 0.241 e. The van der Waals surface area contributed by atoms with Crippen molar-refractivity contribution >= 4 is 11.6 Å². The number of fused-ring (bicyclic) bond motifs is 1. The molecule has 2 N–H and O–H groups in total. The van der Waals surface area contributed by atoms with Gasteiger partial charge < -0.3 is 10.6 Å². The number of nitrogens with one attached hydrogen (secondary N) is 2. The Balaban J connectivity index is 1.55. The molecule has 0 spiro atoms. The Kier molecular flexibility index (Phi) is 4.02. The summed E-state index contributed by atoms with van der Waals surface area (Å²) in [6.07, 6.45) is 2.00. The predicted molar refractivity (Wildman–Crippen MR) is 85.3 cm³/mol. The summed E-state index contributed by atoms with van der Waals surface area (Å²) in [6.45, 7) is 1.92. The molecule has 2 aromatic carbocycles. The van der Waals surface area contributed by atoms with Gasteiger partial charge in [0.1, 0.15) is 0 Å². The average Bonchev–Trinajstić information content (AvgIpc) is 2.90. The molecule has 3 nitrogen and oxygen atoms in total. The van der Waals surface area contributed by atoms with Crippen molar-refractivity contribution in [3.8, 4) is 0 Å². The third kappa shape index (κ3) is 3.31. The molecule has 1 amide bonds. The van der Waals surface area contributed by atoms with E-state index >= 15 is 0 Å². The van der Waals surface area contributed by atoms with Crippen molar-refractivity contribution in [1.29, 1.82) is 0 Å². The van der Waals surface area contributed by atoms with Gasteiger partial charge in [0, 0.05) is 11.7 Å². The van der Waals surface area contributed by atoms with E-state index in [1.807, 2.05) is 37.3 Å². The third-order valence-corrected chi connectivity index (χ3v) is 3.97. The quantitative estimate of drug-likeness (QED) is 0.904. The summed E-state index contributed by atoms with van der Waals surface area (Å²) < 4.78 is 0. The SMILES string of the molecule is CC(NC1Cc2ccccc2C1)C(=O)Nc1ccccc1. The number of amides is 1. The van der Waals surface area contributed by atoms with Crippen LogP contribution in [0.2, 0.25) is 0 Å². The van der Waals surface area contributed by atoms with Crippen molar-refractivity contribution in [3.63, 3.8) is 0 Å². The molecule has 0 heterocycles. The minimum Gasteiger partial charge on any atom is -0.325 e. The molecule has 0 bridgehead atoms. The maximum Gasteiger partial charge on any atom is 0.241 e. The molecule has 0 saturated carbocycles. The molecule has 2 aromatic rings. The number of carbonyl (C=O) groups is 1. The van der Waals surface area contributed by atoms with Crippen LogP contribution in [-0.2, 0) is 17.6 Å². The minimum absolute atomic E-state index is 0.0113. The fraction of sp³-hybridized carbons (Fsp3) is 0.278. The highest BCUT2D eigenvalue weighted by molar-refractivity contribution is 5.94. The monoisotopic (exact) mass is 280 g/mol. The summed E-state index contributed by atoms with van der Waals surface area (Å²) in [7, 11) is 0. The lowest BCUT2D eigenvalue weighted by molar-refractivity contribution is -0.117. The first-order valence-corrected chi connectivity index (χ1v) is 7.41. The van der Waals surface area contributed by atoms with Crippen molar-refractivity contribution in [3.05, 3.63) is 65.7 Å². The van der Waals surface area contributed by atoms with Gasteiger partial charge in [-0.15, -0.1) is 0 Å². The van der Waals surface area contributed by atoms with E-state index in [2.05, 4.69) is 34.9 Å². The molecule has 1 aliphatic rings. The van der Waals surface area contributed by atoms with Crippen LogP contribution in [0.4, 0.5) is 5.69 Å². The van der Waals surface area contributed by atoms with Crippen molar-refractivity contribution < 1.29 is 4.79 Å².